The number of rotatable bonds is 7. The van der Waals surface area contributed by atoms with Crippen LogP contribution in [0.25, 0.3) is 0 Å². The molecule has 0 unspecified atom stereocenters. The second-order valence-corrected chi connectivity index (χ2v) is 7.78. The molecule has 2 aromatic carbocycles. The van der Waals surface area contributed by atoms with Crippen molar-refractivity contribution in [1.82, 2.24) is 15.2 Å². The van der Waals surface area contributed by atoms with Crippen LogP contribution < -0.4 is 19.5 Å². The lowest BCUT2D eigenvalue weighted by atomic mass is 10.2. The van der Waals surface area contributed by atoms with E-state index in [0.717, 1.165) is 17.3 Å². The molecule has 0 fully saturated rings. The van der Waals surface area contributed by atoms with Crippen molar-refractivity contribution in [3.8, 4) is 17.2 Å². The Balaban J connectivity index is 1.26. The van der Waals surface area contributed by atoms with Gasteiger partial charge in [0, 0.05) is 16.8 Å². The molecular formula is C19H15ClF2N4O4S. The van der Waals surface area contributed by atoms with Crippen LogP contribution in [0.2, 0.25) is 5.02 Å². The average molecular weight is 469 g/mol. The Bertz CT molecular complexity index is 1130. The standard InChI is InChI=1S/C19H15ClF2N4O4S/c1-10-6-12(3-4-13(10)20)28-8-16-24-18(26-25-16)31-9-17(27)23-11-2-5-14-15(7-11)30-19(21,22)29-14/h2-7H,8-9H2,1H3,(H,23,27)(H,24,25,26). The Kier molecular flexibility index (Phi) is 5.88. The topological polar surface area (TPSA) is 98.4 Å². The molecule has 1 aliphatic rings. The van der Waals surface area contributed by atoms with Crippen molar-refractivity contribution >= 4 is 35.0 Å². The first-order valence-corrected chi connectivity index (χ1v) is 10.3. The van der Waals surface area contributed by atoms with Gasteiger partial charge in [-0.3, -0.25) is 9.89 Å². The highest BCUT2D eigenvalue weighted by atomic mass is 35.5. The van der Waals surface area contributed by atoms with E-state index >= 15 is 0 Å². The zero-order valence-corrected chi connectivity index (χ0v) is 17.5. The Morgan fingerprint density at radius 2 is 2.06 bits per heavy atom. The van der Waals surface area contributed by atoms with Crippen LogP contribution in [-0.2, 0) is 11.4 Å². The number of hydrogen-bond acceptors (Lipinski definition) is 7. The molecule has 3 aromatic rings. The summed E-state index contributed by atoms with van der Waals surface area (Å²) < 4.78 is 40.4. The molecule has 0 aliphatic carbocycles. The van der Waals surface area contributed by atoms with Crippen LogP contribution in [0.15, 0.2) is 41.6 Å². The van der Waals surface area contributed by atoms with Gasteiger partial charge in [-0.1, -0.05) is 23.4 Å². The highest BCUT2D eigenvalue weighted by Gasteiger charge is 2.43. The molecule has 31 heavy (non-hydrogen) atoms. The summed E-state index contributed by atoms with van der Waals surface area (Å²) in [6.45, 7) is 2.05. The Labute approximate surface area is 184 Å². The number of aryl methyl sites for hydroxylation is 1. The number of aromatic amines is 1. The minimum Gasteiger partial charge on any atom is -0.486 e. The Morgan fingerprint density at radius 3 is 2.87 bits per heavy atom. The van der Waals surface area contributed by atoms with E-state index in [9.17, 15) is 13.6 Å². The summed E-state index contributed by atoms with van der Waals surface area (Å²) in [7, 11) is 0. The van der Waals surface area contributed by atoms with Gasteiger partial charge in [0.25, 0.3) is 0 Å². The lowest BCUT2D eigenvalue weighted by Gasteiger charge is -2.05. The third-order valence-corrected chi connectivity index (χ3v) is 5.30. The maximum absolute atomic E-state index is 13.1. The second kappa shape index (κ2) is 8.60. The van der Waals surface area contributed by atoms with Crippen LogP contribution in [0.5, 0.6) is 17.2 Å². The first-order chi connectivity index (χ1) is 14.8. The first kappa shape index (κ1) is 21.2. The fourth-order valence-corrected chi connectivity index (χ4v) is 3.35. The minimum atomic E-state index is -3.71. The molecule has 0 saturated heterocycles. The number of ether oxygens (including phenoxy) is 3. The number of benzene rings is 2. The highest BCUT2D eigenvalue weighted by molar-refractivity contribution is 7.99. The fourth-order valence-electron chi connectivity index (χ4n) is 2.62. The Hall–Kier alpha value is -3.05. The van der Waals surface area contributed by atoms with Crippen LogP contribution in [0, 0.1) is 6.92 Å². The molecule has 8 nitrogen and oxygen atoms in total. The summed E-state index contributed by atoms with van der Waals surface area (Å²) in [5.74, 6) is 0.543. The summed E-state index contributed by atoms with van der Waals surface area (Å²) in [5, 5.41) is 10.4. The zero-order valence-electron chi connectivity index (χ0n) is 15.9. The number of nitrogens with one attached hydrogen (secondary N) is 2. The van der Waals surface area contributed by atoms with Crippen molar-refractivity contribution in [1.29, 1.82) is 0 Å². The largest absolute Gasteiger partial charge is 0.586 e. The normalized spacial score (nSPS) is 13.8. The van der Waals surface area contributed by atoms with Crippen molar-refractivity contribution < 1.29 is 27.8 Å². The number of aromatic nitrogens is 3. The van der Waals surface area contributed by atoms with Gasteiger partial charge < -0.3 is 19.5 Å². The summed E-state index contributed by atoms with van der Waals surface area (Å²) in [4.78, 5) is 16.4. The molecule has 2 heterocycles. The number of fused-ring (bicyclic) bond motifs is 1. The number of carbonyl (C=O) groups excluding carboxylic acids is 1. The van der Waals surface area contributed by atoms with E-state index in [1.54, 1.807) is 12.1 Å². The number of anilines is 1. The van der Waals surface area contributed by atoms with Gasteiger partial charge in [-0.2, -0.15) is 0 Å². The number of H-pyrrole nitrogens is 1. The maximum Gasteiger partial charge on any atom is 0.586 e. The molecule has 0 radical (unpaired) electrons. The van der Waals surface area contributed by atoms with Crippen molar-refractivity contribution in [2.24, 2.45) is 0 Å². The molecule has 12 heteroatoms. The zero-order chi connectivity index (χ0) is 22.0. The number of amides is 1. The molecule has 2 N–H and O–H groups in total. The minimum absolute atomic E-state index is 0.0130. The molecule has 0 atom stereocenters. The van der Waals surface area contributed by atoms with E-state index in [-0.39, 0.29) is 29.8 Å². The van der Waals surface area contributed by atoms with Crippen molar-refractivity contribution in [2.45, 2.75) is 25.0 Å². The smallest absolute Gasteiger partial charge is 0.486 e. The van der Waals surface area contributed by atoms with Gasteiger partial charge in [0.2, 0.25) is 11.1 Å². The second-order valence-electron chi connectivity index (χ2n) is 6.43. The van der Waals surface area contributed by atoms with E-state index in [1.165, 1.54) is 18.2 Å². The lowest BCUT2D eigenvalue weighted by Crippen LogP contribution is -2.25. The molecular weight excluding hydrogens is 454 g/mol. The molecule has 162 valence electrons. The maximum atomic E-state index is 13.1. The summed E-state index contributed by atoms with van der Waals surface area (Å²) in [5.41, 5.74) is 1.20. The van der Waals surface area contributed by atoms with E-state index in [1.807, 2.05) is 13.0 Å². The average Bonchev–Trinajstić information content (AvgIpc) is 3.29. The molecule has 1 amide bonds. The quantitative estimate of drug-likeness (QED) is 0.496. The lowest BCUT2D eigenvalue weighted by molar-refractivity contribution is -0.286. The van der Waals surface area contributed by atoms with Crippen molar-refractivity contribution in [3.05, 3.63) is 52.8 Å². The van der Waals surface area contributed by atoms with E-state index in [0.29, 0.717) is 27.4 Å². The van der Waals surface area contributed by atoms with Crippen molar-refractivity contribution in [2.75, 3.05) is 11.1 Å². The van der Waals surface area contributed by atoms with Crippen LogP contribution >= 0.6 is 23.4 Å². The van der Waals surface area contributed by atoms with Crippen LogP contribution in [0.3, 0.4) is 0 Å². The predicted molar refractivity (Wildman–Crippen MR) is 109 cm³/mol. The molecule has 0 saturated carbocycles. The number of hydrogen-bond donors (Lipinski definition) is 2. The van der Waals surface area contributed by atoms with Gasteiger partial charge in [-0.25, -0.2) is 4.98 Å². The van der Waals surface area contributed by atoms with Gasteiger partial charge >= 0.3 is 6.29 Å². The van der Waals surface area contributed by atoms with E-state index in [2.05, 4.69) is 30.0 Å². The number of thioether (sulfide) groups is 1. The third kappa shape index (κ3) is 5.36. The predicted octanol–water partition coefficient (Wildman–Crippen LogP) is 4.40. The van der Waals surface area contributed by atoms with Crippen LogP contribution in [0.4, 0.5) is 14.5 Å². The van der Waals surface area contributed by atoms with Crippen LogP contribution in [-0.4, -0.2) is 33.1 Å². The van der Waals surface area contributed by atoms with Gasteiger partial charge in [0.05, 0.1) is 5.75 Å². The third-order valence-electron chi connectivity index (χ3n) is 4.03. The summed E-state index contributed by atoms with van der Waals surface area (Å²) >= 11 is 7.09. The molecule has 1 aromatic heterocycles. The van der Waals surface area contributed by atoms with E-state index < -0.39 is 6.29 Å². The SMILES string of the molecule is Cc1cc(OCc2nc(SCC(=O)Nc3ccc4c(c3)OC(F)(F)O4)n[nH]2)ccc1Cl. The molecule has 1 aliphatic heterocycles. The Morgan fingerprint density at radius 1 is 1.26 bits per heavy atom. The number of alkyl halides is 2. The number of halogens is 3. The van der Waals surface area contributed by atoms with Crippen molar-refractivity contribution in [3.63, 3.8) is 0 Å². The van der Waals surface area contributed by atoms with Gasteiger partial charge in [0.1, 0.15) is 12.4 Å². The fraction of sp³-hybridized carbons (Fsp3) is 0.211. The molecule has 0 bridgehead atoms. The summed E-state index contributed by atoms with van der Waals surface area (Å²) in [6, 6.07) is 9.31. The van der Waals surface area contributed by atoms with E-state index in [4.69, 9.17) is 16.3 Å². The first-order valence-electron chi connectivity index (χ1n) is 8.90. The van der Waals surface area contributed by atoms with Gasteiger partial charge in [-0.15, -0.1) is 13.9 Å². The monoisotopic (exact) mass is 468 g/mol. The highest BCUT2D eigenvalue weighted by Crippen LogP contribution is 2.42. The van der Waals surface area contributed by atoms with Gasteiger partial charge in [-0.05, 0) is 42.8 Å². The number of carbonyl (C=O) groups is 1. The molecule has 4 rings (SSSR count). The summed E-state index contributed by atoms with van der Waals surface area (Å²) in [6.07, 6.45) is -3.71. The number of nitrogens with zero attached hydrogens (tertiary/aromatic N) is 2. The van der Waals surface area contributed by atoms with Gasteiger partial charge in [0.15, 0.2) is 17.3 Å². The molecule has 0 spiro atoms. The van der Waals surface area contributed by atoms with Crippen LogP contribution in [0.1, 0.15) is 11.4 Å².